The first kappa shape index (κ1) is 18.4. The number of amides is 1. The van der Waals surface area contributed by atoms with Crippen molar-refractivity contribution >= 4 is 5.91 Å². The highest BCUT2D eigenvalue weighted by atomic mass is 16.2. The van der Waals surface area contributed by atoms with E-state index < -0.39 is 0 Å². The maximum Gasteiger partial charge on any atom is 0.224 e. The average Bonchev–Trinajstić information content (AvgIpc) is 2.72. The minimum absolute atomic E-state index is 0.212. The van der Waals surface area contributed by atoms with Gasteiger partial charge in [0.2, 0.25) is 5.91 Å². The summed E-state index contributed by atoms with van der Waals surface area (Å²) >= 11 is 0. The quantitative estimate of drug-likeness (QED) is 0.784. The van der Waals surface area contributed by atoms with E-state index in [1.807, 2.05) is 18.7 Å². The van der Waals surface area contributed by atoms with Gasteiger partial charge in [0.15, 0.2) is 0 Å². The number of nitrogens with zero attached hydrogens (tertiary/aromatic N) is 2. The van der Waals surface area contributed by atoms with Gasteiger partial charge in [-0.1, -0.05) is 13.8 Å². The highest BCUT2D eigenvalue weighted by Crippen LogP contribution is 2.25. The molecule has 4 nitrogen and oxygen atoms in total. The summed E-state index contributed by atoms with van der Waals surface area (Å²) in [5.74, 6) is 1.84. The molecule has 0 aromatic rings. The molecular weight excluding hydrogens is 262 g/mol. The highest BCUT2D eigenvalue weighted by Gasteiger charge is 2.26. The zero-order valence-corrected chi connectivity index (χ0v) is 14.5. The molecule has 1 amide bonds. The van der Waals surface area contributed by atoms with Gasteiger partial charge in [-0.05, 0) is 58.0 Å². The van der Waals surface area contributed by atoms with Crippen LogP contribution in [-0.4, -0.2) is 54.5 Å². The van der Waals surface area contributed by atoms with E-state index in [1.54, 1.807) is 0 Å². The lowest BCUT2D eigenvalue weighted by Gasteiger charge is -2.31. The molecular formula is C17H35N3O. The van der Waals surface area contributed by atoms with Crippen molar-refractivity contribution in [3.63, 3.8) is 0 Å². The lowest BCUT2D eigenvalue weighted by molar-refractivity contribution is -0.132. The molecule has 2 atom stereocenters. The lowest BCUT2D eigenvalue weighted by atomic mass is 9.89. The van der Waals surface area contributed by atoms with Crippen molar-refractivity contribution in [2.45, 2.75) is 59.4 Å². The fraction of sp³-hybridized carbons (Fsp3) is 0.941. The van der Waals surface area contributed by atoms with Crippen LogP contribution in [-0.2, 0) is 4.79 Å². The van der Waals surface area contributed by atoms with Crippen LogP contribution in [0.2, 0.25) is 0 Å². The topological polar surface area (TPSA) is 49.6 Å². The summed E-state index contributed by atoms with van der Waals surface area (Å²) in [6.07, 6.45) is 4.37. The molecule has 0 bridgehead atoms. The Bertz CT molecular complexity index is 302. The molecule has 0 saturated carbocycles. The third-order valence-corrected chi connectivity index (χ3v) is 5.07. The van der Waals surface area contributed by atoms with Crippen molar-refractivity contribution in [3.8, 4) is 0 Å². The van der Waals surface area contributed by atoms with Crippen LogP contribution in [0.4, 0.5) is 0 Å². The van der Waals surface area contributed by atoms with Gasteiger partial charge in [0.05, 0.1) is 0 Å². The summed E-state index contributed by atoms with van der Waals surface area (Å²) in [7, 11) is 0. The van der Waals surface area contributed by atoms with Gasteiger partial charge in [0, 0.05) is 32.1 Å². The third-order valence-electron chi connectivity index (χ3n) is 5.07. The maximum atomic E-state index is 12.3. The zero-order valence-electron chi connectivity index (χ0n) is 14.5. The fourth-order valence-corrected chi connectivity index (χ4v) is 3.44. The van der Waals surface area contributed by atoms with E-state index in [-0.39, 0.29) is 11.9 Å². The van der Waals surface area contributed by atoms with E-state index in [2.05, 4.69) is 18.7 Å². The standard InChI is InChI=1S/C17H35N3O/c1-5-19(6-2)17(21)12-16(13-18)20-10-7-8-15(9-11-20)14(3)4/h14-16H,5-13,18H2,1-4H3. The van der Waals surface area contributed by atoms with Gasteiger partial charge in [-0.15, -0.1) is 0 Å². The largest absolute Gasteiger partial charge is 0.343 e. The van der Waals surface area contributed by atoms with E-state index in [9.17, 15) is 4.79 Å². The number of hydrogen-bond acceptors (Lipinski definition) is 3. The normalized spacial score (nSPS) is 22.1. The molecule has 2 N–H and O–H groups in total. The van der Waals surface area contributed by atoms with Gasteiger partial charge in [-0.3, -0.25) is 9.69 Å². The van der Waals surface area contributed by atoms with Gasteiger partial charge < -0.3 is 10.6 Å². The first-order chi connectivity index (χ1) is 10.0. The van der Waals surface area contributed by atoms with E-state index in [0.717, 1.165) is 38.0 Å². The SMILES string of the molecule is CCN(CC)C(=O)CC(CN)N1CCCC(C(C)C)CC1. The van der Waals surface area contributed by atoms with Crippen LogP contribution in [0.5, 0.6) is 0 Å². The Kier molecular flexibility index (Phi) is 8.27. The molecule has 4 heteroatoms. The molecule has 1 fully saturated rings. The second kappa shape index (κ2) is 9.42. The Hall–Kier alpha value is -0.610. The molecule has 1 saturated heterocycles. The van der Waals surface area contributed by atoms with Crippen molar-refractivity contribution in [2.75, 3.05) is 32.7 Å². The molecule has 124 valence electrons. The number of carbonyl (C=O) groups is 1. The van der Waals surface area contributed by atoms with E-state index >= 15 is 0 Å². The fourth-order valence-electron chi connectivity index (χ4n) is 3.44. The van der Waals surface area contributed by atoms with Gasteiger partial charge in [0.25, 0.3) is 0 Å². The summed E-state index contributed by atoms with van der Waals surface area (Å²) in [6, 6.07) is 0.212. The van der Waals surface area contributed by atoms with E-state index in [0.29, 0.717) is 13.0 Å². The summed E-state index contributed by atoms with van der Waals surface area (Å²) in [4.78, 5) is 16.7. The smallest absolute Gasteiger partial charge is 0.224 e. The molecule has 0 aromatic carbocycles. The van der Waals surface area contributed by atoms with E-state index in [4.69, 9.17) is 5.73 Å². The predicted octanol–water partition coefficient (Wildman–Crippen LogP) is 2.33. The summed E-state index contributed by atoms with van der Waals surface area (Å²) < 4.78 is 0. The van der Waals surface area contributed by atoms with Crippen LogP contribution < -0.4 is 5.73 Å². The minimum Gasteiger partial charge on any atom is -0.343 e. The average molecular weight is 297 g/mol. The molecule has 2 unspecified atom stereocenters. The van der Waals surface area contributed by atoms with Crippen molar-refractivity contribution in [1.82, 2.24) is 9.80 Å². The van der Waals surface area contributed by atoms with Crippen molar-refractivity contribution < 1.29 is 4.79 Å². The summed E-state index contributed by atoms with van der Waals surface area (Å²) in [6.45, 7) is 13.1. The molecule has 0 radical (unpaired) electrons. The number of likely N-dealkylation sites (tertiary alicyclic amines) is 1. The minimum atomic E-state index is 0.212. The molecule has 21 heavy (non-hydrogen) atoms. The van der Waals surface area contributed by atoms with Gasteiger partial charge in [0.1, 0.15) is 0 Å². The predicted molar refractivity (Wildman–Crippen MR) is 89.1 cm³/mol. The zero-order chi connectivity index (χ0) is 15.8. The molecule has 0 aliphatic carbocycles. The first-order valence-electron chi connectivity index (χ1n) is 8.75. The number of rotatable bonds is 7. The Morgan fingerprint density at radius 1 is 1.24 bits per heavy atom. The van der Waals surface area contributed by atoms with Crippen molar-refractivity contribution in [2.24, 2.45) is 17.6 Å². The van der Waals surface area contributed by atoms with Crippen LogP contribution in [0, 0.1) is 11.8 Å². The Labute approximate surface area is 131 Å². The summed E-state index contributed by atoms with van der Waals surface area (Å²) in [5.41, 5.74) is 5.97. The number of hydrogen-bond donors (Lipinski definition) is 1. The van der Waals surface area contributed by atoms with Crippen molar-refractivity contribution in [3.05, 3.63) is 0 Å². The second-order valence-corrected chi connectivity index (χ2v) is 6.63. The van der Waals surface area contributed by atoms with Crippen LogP contribution in [0.3, 0.4) is 0 Å². The van der Waals surface area contributed by atoms with Crippen LogP contribution in [0.15, 0.2) is 0 Å². The molecule has 1 aliphatic heterocycles. The molecule has 1 aliphatic rings. The van der Waals surface area contributed by atoms with Gasteiger partial charge in [-0.25, -0.2) is 0 Å². The molecule has 1 rings (SSSR count). The number of carbonyl (C=O) groups excluding carboxylic acids is 1. The Balaban J connectivity index is 2.57. The van der Waals surface area contributed by atoms with Crippen LogP contribution in [0.1, 0.15) is 53.4 Å². The molecule has 0 spiro atoms. The third kappa shape index (κ3) is 5.59. The first-order valence-corrected chi connectivity index (χ1v) is 8.75. The Morgan fingerprint density at radius 2 is 1.90 bits per heavy atom. The highest BCUT2D eigenvalue weighted by molar-refractivity contribution is 5.76. The van der Waals surface area contributed by atoms with Gasteiger partial charge in [-0.2, -0.15) is 0 Å². The molecule has 0 aromatic heterocycles. The monoisotopic (exact) mass is 297 g/mol. The number of nitrogens with two attached hydrogens (primary N) is 1. The second-order valence-electron chi connectivity index (χ2n) is 6.63. The maximum absolute atomic E-state index is 12.3. The lowest BCUT2D eigenvalue weighted by Crippen LogP contribution is -2.45. The molecule has 1 heterocycles. The van der Waals surface area contributed by atoms with Crippen LogP contribution >= 0.6 is 0 Å². The van der Waals surface area contributed by atoms with Gasteiger partial charge >= 0.3 is 0 Å². The van der Waals surface area contributed by atoms with E-state index in [1.165, 1.54) is 19.3 Å². The summed E-state index contributed by atoms with van der Waals surface area (Å²) in [5, 5.41) is 0. The van der Waals surface area contributed by atoms with Crippen molar-refractivity contribution in [1.29, 1.82) is 0 Å². The van der Waals surface area contributed by atoms with Crippen LogP contribution in [0.25, 0.3) is 0 Å². The Morgan fingerprint density at radius 3 is 2.43 bits per heavy atom.